The van der Waals surface area contributed by atoms with Crippen LogP contribution in [0.15, 0.2) is 30.3 Å². The molecule has 0 amide bonds. The molecule has 1 aromatic rings. The molecule has 1 aromatic carbocycles. The number of fused-ring (bicyclic) bond motifs is 3. The first kappa shape index (κ1) is 10.8. The Morgan fingerprint density at radius 2 is 2.00 bits per heavy atom. The maximum atomic E-state index is 12.2. The van der Waals surface area contributed by atoms with Crippen LogP contribution < -0.4 is 0 Å². The van der Waals surface area contributed by atoms with Crippen molar-refractivity contribution in [3.8, 4) is 0 Å². The van der Waals surface area contributed by atoms with Gasteiger partial charge in [-0.25, -0.2) is 0 Å². The predicted octanol–water partition coefficient (Wildman–Crippen LogP) is 3.80. The number of carbonyl (C=O) groups is 1. The van der Waals surface area contributed by atoms with Gasteiger partial charge in [-0.1, -0.05) is 50.3 Å². The van der Waals surface area contributed by atoms with Gasteiger partial charge in [-0.3, -0.25) is 4.79 Å². The highest BCUT2D eigenvalue weighted by atomic mass is 16.1. The van der Waals surface area contributed by atoms with Crippen LogP contribution in [0.4, 0.5) is 0 Å². The van der Waals surface area contributed by atoms with Crippen molar-refractivity contribution in [1.82, 2.24) is 0 Å². The lowest BCUT2D eigenvalue weighted by atomic mass is 9.59. The molecule has 0 aromatic heterocycles. The number of hydrogen-bond donors (Lipinski definition) is 0. The SMILES string of the molecule is CC1(C)CCC(=O)C2c3ccccc3C=CC21. The molecular weight excluding hydrogens is 208 g/mol. The summed E-state index contributed by atoms with van der Waals surface area (Å²) >= 11 is 0. The van der Waals surface area contributed by atoms with Crippen LogP contribution in [0.25, 0.3) is 6.08 Å². The van der Waals surface area contributed by atoms with Gasteiger partial charge in [0, 0.05) is 6.42 Å². The van der Waals surface area contributed by atoms with Crippen LogP contribution in [0.2, 0.25) is 0 Å². The number of Topliss-reactive ketones (excluding diaryl/α,β-unsaturated/α-hetero) is 1. The first-order valence-corrected chi connectivity index (χ1v) is 6.39. The van der Waals surface area contributed by atoms with E-state index in [1.807, 2.05) is 12.1 Å². The molecule has 0 spiro atoms. The maximum Gasteiger partial charge on any atom is 0.140 e. The van der Waals surface area contributed by atoms with E-state index in [1.54, 1.807) is 0 Å². The molecule has 2 aliphatic carbocycles. The average molecular weight is 226 g/mol. The molecule has 1 heteroatoms. The summed E-state index contributed by atoms with van der Waals surface area (Å²) in [6.07, 6.45) is 6.19. The fourth-order valence-electron chi connectivity index (χ4n) is 3.31. The summed E-state index contributed by atoms with van der Waals surface area (Å²) in [6.45, 7) is 4.57. The zero-order valence-corrected chi connectivity index (χ0v) is 10.4. The Hall–Kier alpha value is -1.37. The fourth-order valence-corrected chi connectivity index (χ4v) is 3.31. The molecule has 0 radical (unpaired) electrons. The summed E-state index contributed by atoms with van der Waals surface area (Å²) in [5.74, 6) is 0.893. The predicted molar refractivity (Wildman–Crippen MR) is 69.7 cm³/mol. The minimum absolute atomic E-state index is 0.0972. The minimum Gasteiger partial charge on any atom is -0.299 e. The van der Waals surface area contributed by atoms with Gasteiger partial charge in [0.05, 0.1) is 5.92 Å². The summed E-state index contributed by atoms with van der Waals surface area (Å²) in [5, 5.41) is 0. The normalized spacial score (nSPS) is 29.6. The molecule has 1 nitrogen and oxygen atoms in total. The van der Waals surface area contributed by atoms with E-state index in [-0.39, 0.29) is 11.3 Å². The third-order valence-corrected chi connectivity index (χ3v) is 4.44. The fraction of sp³-hybridized carbons (Fsp3) is 0.438. The standard InChI is InChI=1S/C16H18O/c1-16(2)10-9-14(17)15-12-6-4-3-5-11(12)7-8-13(15)16/h3-8,13,15H,9-10H2,1-2H3. The Kier molecular flexibility index (Phi) is 2.25. The van der Waals surface area contributed by atoms with Gasteiger partial charge in [-0.2, -0.15) is 0 Å². The molecule has 88 valence electrons. The molecule has 2 unspecified atom stereocenters. The van der Waals surface area contributed by atoms with Crippen LogP contribution in [0.3, 0.4) is 0 Å². The number of ketones is 1. The molecule has 3 rings (SSSR count). The molecule has 1 fully saturated rings. The second kappa shape index (κ2) is 3.56. The highest BCUT2D eigenvalue weighted by Gasteiger charge is 2.44. The van der Waals surface area contributed by atoms with Crippen molar-refractivity contribution >= 4 is 11.9 Å². The van der Waals surface area contributed by atoms with Gasteiger partial charge in [0.15, 0.2) is 0 Å². The third kappa shape index (κ3) is 1.56. The maximum absolute atomic E-state index is 12.2. The summed E-state index contributed by atoms with van der Waals surface area (Å²) in [5.41, 5.74) is 2.69. The molecule has 0 heterocycles. The monoisotopic (exact) mass is 226 g/mol. The Morgan fingerprint density at radius 3 is 2.82 bits per heavy atom. The van der Waals surface area contributed by atoms with Crippen LogP contribution in [0, 0.1) is 11.3 Å². The van der Waals surface area contributed by atoms with Crippen LogP contribution in [0.1, 0.15) is 43.7 Å². The van der Waals surface area contributed by atoms with Gasteiger partial charge in [0.25, 0.3) is 0 Å². The Balaban J connectivity index is 2.14. The molecule has 0 aliphatic heterocycles. The van der Waals surface area contributed by atoms with E-state index in [0.29, 0.717) is 11.7 Å². The van der Waals surface area contributed by atoms with E-state index >= 15 is 0 Å². The van der Waals surface area contributed by atoms with Crippen LogP contribution in [-0.2, 0) is 4.79 Å². The van der Waals surface area contributed by atoms with E-state index in [1.165, 1.54) is 11.1 Å². The van der Waals surface area contributed by atoms with Crippen molar-refractivity contribution in [2.24, 2.45) is 11.3 Å². The average Bonchev–Trinajstić information content (AvgIpc) is 2.33. The first-order chi connectivity index (χ1) is 8.09. The Bertz CT molecular complexity index is 496. The van der Waals surface area contributed by atoms with Gasteiger partial charge in [0.1, 0.15) is 5.78 Å². The van der Waals surface area contributed by atoms with Crippen molar-refractivity contribution in [1.29, 1.82) is 0 Å². The smallest absolute Gasteiger partial charge is 0.140 e. The third-order valence-electron chi connectivity index (χ3n) is 4.44. The van der Waals surface area contributed by atoms with Crippen molar-refractivity contribution in [2.45, 2.75) is 32.6 Å². The number of allylic oxidation sites excluding steroid dienone is 1. The Labute approximate surface area is 103 Å². The minimum atomic E-state index is 0.0972. The number of carbonyl (C=O) groups excluding carboxylic acids is 1. The topological polar surface area (TPSA) is 17.1 Å². The second-order valence-electron chi connectivity index (χ2n) is 5.95. The highest BCUT2D eigenvalue weighted by molar-refractivity contribution is 5.89. The van der Waals surface area contributed by atoms with E-state index in [4.69, 9.17) is 0 Å². The first-order valence-electron chi connectivity index (χ1n) is 6.39. The summed E-state index contributed by atoms with van der Waals surface area (Å²) in [6, 6.07) is 8.32. The van der Waals surface area contributed by atoms with Crippen molar-refractivity contribution in [3.05, 3.63) is 41.5 Å². The molecule has 0 saturated heterocycles. The van der Waals surface area contributed by atoms with Crippen LogP contribution in [0.5, 0.6) is 0 Å². The van der Waals surface area contributed by atoms with E-state index < -0.39 is 0 Å². The molecule has 17 heavy (non-hydrogen) atoms. The Morgan fingerprint density at radius 1 is 1.24 bits per heavy atom. The lowest BCUT2D eigenvalue weighted by molar-refractivity contribution is -0.125. The van der Waals surface area contributed by atoms with Gasteiger partial charge in [-0.05, 0) is 28.9 Å². The summed E-state index contributed by atoms with van der Waals surface area (Å²) < 4.78 is 0. The zero-order chi connectivity index (χ0) is 12.0. The summed E-state index contributed by atoms with van der Waals surface area (Å²) in [7, 11) is 0. The second-order valence-corrected chi connectivity index (χ2v) is 5.95. The lowest BCUT2D eigenvalue weighted by Crippen LogP contribution is -2.39. The van der Waals surface area contributed by atoms with Gasteiger partial charge in [0.2, 0.25) is 0 Å². The van der Waals surface area contributed by atoms with Crippen molar-refractivity contribution in [2.75, 3.05) is 0 Å². The van der Waals surface area contributed by atoms with E-state index in [9.17, 15) is 4.79 Å². The van der Waals surface area contributed by atoms with Crippen LogP contribution in [-0.4, -0.2) is 5.78 Å². The number of rotatable bonds is 0. The molecule has 0 bridgehead atoms. The zero-order valence-electron chi connectivity index (χ0n) is 10.4. The molecule has 0 N–H and O–H groups in total. The molecule has 2 aliphatic rings. The largest absolute Gasteiger partial charge is 0.299 e. The number of benzene rings is 1. The van der Waals surface area contributed by atoms with Crippen molar-refractivity contribution in [3.63, 3.8) is 0 Å². The van der Waals surface area contributed by atoms with Crippen LogP contribution >= 0.6 is 0 Å². The van der Waals surface area contributed by atoms with E-state index in [0.717, 1.165) is 12.8 Å². The highest BCUT2D eigenvalue weighted by Crippen LogP contribution is 2.50. The van der Waals surface area contributed by atoms with Gasteiger partial charge < -0.3 is 0 Å². The van der Waals surface area contributed by atoms with Gasteiger partial charge >= 0.3 is 0 Å². The number of hydrogen-bond acceptors (Lipinski definition) is 1. The summed E-state index contributed by atoms with van der Waals surface area (Å²) in [4.78, 5) is 12.2. The molecular formula is C16H18O. The molecule has 2 atom stereocenters. The van der Waals surface area contributed by atoms with E-state index in [2.05, 4.69) is 38.1 Å². The lowest BCUT2D eigenvalue weighted by Gasteiger charge is -2.44. The quantitative estimate of drug-likeness (QED) is 0.657. The van der Waals surface area contributed by atoms with Crippen molar-refractivity contribution < 1.29 is 4.79 Å². The van der Waals surface area contributed by atoms with Gasteiger partial charge in [-0.15, -0.1) is 0 Å². The molecule has 1 saturated carbocycles.